The average molecular weight is 320 g/mol. The molecule has 0 aliphatic heterocycles. The molecule has 0 aliphatic carbocycles. The maximum absolute atomic E-state index is 6.13. The van der Waals surface area contributed by atoms with Crippen LogP contribution >= 0.6 is 46.4 Å². The van der Waals surface area contributed by atoms with E-state index in [-0.39, 0.29) is 0 Å². The van der Waals surface area contributed by atoms with Crippen LogP contribution in [-0.2, 0) is 6.42 Å². The van der Waals surface area contributed by atoms with Crippen molar-refractivity contribution < 1.29 is 0 Å². The molecule has 0 heterocycles. The lowest BCUT2D eigenvalue weighted by Gasteiger charge is -2.08. The van der Waals surface area contributed by atoms with Crippen molar-refractivity contribution in [3.8, 4) is 0 Å². The predicted molar refractivity (Wildman–Crippen MR) is 80.5 cm³/mol. The fraction of sp³-hybridized carbons (Fsp3) is 0.143. The molecule has 0 nitrogen and oxygen atoms in total. The third kappa shape index (κ3) is 3.13. The number of hydrogen-bond donors (Lipinski definition) is 0. The van der Waals surface area contributed by atoms with Crippen LogP contribution in [0.15, 0.2) is 30.3 Å². The van der Waals surface area contributed by atoms with Gasteiger partial charge in [0.1, 0.15) is 0 Å². The van der Waals surface area contributed by atoms with E-state index in [9.17, 15) is 0 Å². The first-order chi connectivity index (χ1) is 8.47. The van der Waals surface area contributed by atoms with Crippen molar-refractivity contribution in [1.29, 1.82) is 0 Å². The summed E-state index contributed by atoms with van der Waals surface area (Å²) in [7, 11) is 0. The van der Waals surface area contributed by atoms with Gasteiger partial charge in [-0.15, -0.1) is 0 Å². The van der Waals surface area contributed by atoms with E-state index in [1.54, 1.807) is 12.1 Å². The molecule has 0 aliphatic rings. The summed E-state index contributed by atoms with van der Waals surface area (Å²) < 4.78 is 0. The highest BCUT2D eigenvalue weighted by atomic mass is 35.5. The van der Waals surface area contributed by atoms with Gasteiger partial charge in [0.2, 0.25) is 0 Å². The highest BCUT2D eigenvalue weighted by Crippen LogP contribution is 2.29. The molecule has 0 spiro atoms. The smallest absolute Gasteiger partial charge is 0.0452 e. The molecule has 2 aromatic rings. The van der Waals surface area contributed by atoms with Crippen LogP contribution in [0.25, 0.3) is 0 Å². The molecule has 4 heteroatoms. The van der Waals surface area contributed by atoms with Gasteiger partial charge in [-0.2, -0.15) is 0 Å². The maximum atomic E-state index is 6.13. The number of halogens is 4. The normalized spacial score (nSPS) is 10.7. The highest BCUT2D eigenvalue weighted by molar-refractivity contribution is 6.36. The molecule has 94 valence electrons. The van der Waals surface area contributed by atoms with Crippen molar-refractivity contribution in [2.75, 3.05) is 0 Å². The summed E-state index contributed by atoms with van der Waals surface area (Å²) >= 11 is 24.3. The Kier molecular flexibility index (Phi) is 4.45. The third-order valence-corrected chi connectivity index (χ3v) is 4.13. The lowest BCUT2D eigenvalue weighted by Crippen LogP contribution is -1.91. The van der Waals surface area contributed by atoms with E-state index in [2.05, 4.69) is 0 Å². The highest BCUT2D eigenvalue weighted by Gasteiger charge is 2.07. The topological polar surface area (TPSA) is 0 Å². The molecule has 18 heavy (non-hydrogen) atoms. The fourth-order valence-electron chi connectivity index (χ4n) is 1.70. The van der Waals surface area contributed by atoms with Crippen LogP contribution in [0.1, 0.15) is 16.7 Å². The van der Waals surface area contributed by atoms with Crippen LogP contribution in [0, 0.1) is 6.92 Å². The van der Waals surface area contributed by atoms with Crippen molar-refractivity contribution >= 4 is 46.4 Å². The van der Waals surface area contributed by atoms with Crippen molar-refractivity contribution in [3.63, 3.8) is 0 Å². The first-order valence-corrected chi connectivity index (χ1v) is 6.87. The molecule has 2 aromatic carbocycles. The van der Waals surface area contributed by atoms with Gasteiger partial charge in [-0.1, -0.05) is 46.4 Å². The van der Waals surface area contributed by atoms with Gasteiger partial charge in [0.15, 0.2) is 0 Å². The molecule has 0 amide bonds. The number of hydrogen-bond acceptors (Lipinski definition) is 0. The van der Waals surface area contributed by atoms with Crippen LogP contribution < -0.4 is 0 Å². The third-order valence-electron chi connectivity index (χ3n) is 2.74. The van der Waals surface area contributed by atoms with Crippen LogP contribution in [0.3, 0.4) is 0 Å². The van der Waals surface area contributed by atoms with Gasteiger partial charge in [-0.3, -0.25) is 0 Å². The summed E-state index contributed by atoms with van der Waals surface area (Å²) in [6.45, 7) is 1.89. The minimum Gasteiger partial charge on any atom is -0.0843 e. The lowest BCUT2D eigenvalue weighted by molar-refractivity contribution is 1.19. The van der Waals surface area contributed by atoms with Crippen LogP contribution in [-0.4, -0.2) is 0 Å². The molecule has 0 aromatic heterocycles. The predicted octanol–water partition coefficient (Wildman–Crippen LogP) is 6.20. The van der Waals surface area contributed by atoms with Crippen molar-refractivity contribution in [2.24, 2.45) is 0 Å². The van der Waals surface area contributed by atoms with E-state index in [4.69, 9.17) is 46.4 Å². The zero-order valence-corrected chi connectivity index (χ0v) is 12.6. The van der Waals surface area contributed by atoms with Gasteiger partial charge >= 0.3 is 0 Å². The largest absolute Gasteiger partial charge is 0.0843 e. The molecule has 2 rings (SSSR count). The van der Waals surface area contributed by atoms with Gasteiger partial charge in [-0.05, 0) is 60.4 Å². The molecule has 0 atom stereocenters. The Morgan fingerprint density at radius 3 is 2.06 bits per heavy atom. The molecule has 0 saturated heterocycles. The summed E-state index contributed by atoms with van der Waals surface area (Å²) in [5.41, 5.74) is 2.86. The van der Waals surface area contributed by atoms with Crippen LogP contribution in [0.5, 0.6) is 0 Å². The summed E-state index contributed by atoms with van der Waals surface area (Å²) in [4.78, 5) is 0. The molecule has 0 saturated carbocycles. The van der Waals surface area contributed by atoms with Gasteiger partial charge in [-0.25, -0.2) is 0 Å². The van der Waals surface area contributed by atoms with Gasteiger partial charge in [0.25, 0.3) is 0 Å². The van der Waals surface area contributed by atoms with Crippen LogP contribution in [0.2, 0.25) is 20.1 Å². The molecule has 0 unspecified atom stereocenters. The molecular formula is C14H10Cl4. The Balaban J connectivity index is 2.37. The summed E-state index contributed by atoms with van der Waals surface area (Å²) in [5, 5.41) is 2.68. The first kappa shape index (κ1) is 14.0. The Bertz CT molecular complexity index is 567. The average Bonchev–Trinajstić information content (AvgIpc) is 2.31. The van der Waals surface area contributed by atoms with E-state index in [1.165, 1.54) is 0 Å². The second kappa shape index (κ2) is 5.71. The monoisotopic (exact) mass is 318 g/mol. The minimum absolute atomic E-state index is 0.652. The van der Waals surface area contributed by atoms with Gasteiger partial charge in [0.05, 0.1) is 0 Å². The molecule has 0 N–H and O–H groups in total. The molecule has 0 radical (unpaired) electrons. The second-order valence-corrected chi connectivity index (χ2v) is 5.76. The summed E-state index contributed by atoms with van der Waals surface area (Å²) in [6, 6.07) is 9.21. The Morgan fingerprint density at radius 2 is 1.44 bits per heavy atom. The summed E-state index contributed by atoms with van der Waals surface area (Å²) in [5.74, 6) is 0. The lowest BCUT2D eigenvalue weighted by atomic mass is 10.0. The van der Waals surface area contributed by atoms with Crippen molar-refractivity contribution in [2.45, 2.75) is 13.3 Å². The number of benzene rings is 2. The van der Waals surface area contributed by atoms with E-state index in [0.29, 0.717) is 26.5 Å². The van der Waals surface area contributed by atoms with Crippen LogP contribution in [0.4, 0.5) is 0 Å². The minimum atomic E-state index is 0.652. The number of rotatable bonds is 2. The molecule has 0 fully saturated rings. The maximum Gasteiger partial charge on any atom is 0.0452 e. The zero-order valence-electron chi connectivity index (χ0n) is 9.61. The quantitative estimate of drug-likeness (QED) is 0.618. The zero-order chi connectivity index (χ0) is 13.3. The van der Waals surface area contributed by atoms with E-state index >= 15 is 0 Å². The first-order valence-electron chi connectivity index (χ1n) is 5.36. The Morgan fingerprint density at radius 1 is 0.833 bits per heavy atom. The second-order valence-electron chi connectivity index (χ2n) is 4.10. The van der Waals surface area contributed by atoms with E-state index < -0.39 is 0 Å². The Labute approximate surface area is 126 Å². The Hall–Kier alpha value is -0.400. The van der Waals surface area contributed by atoms with Gasteiger partial charge in [0, 0.05) is 20.1 Å². The van der Waals surface area contributed by atoms with E-state index in [1.807, 2.05) is 25.1 Å². The van der Waals surface area contributed by atoms with E-state index in [0.717, 1.165) is 16.7 Å². The molecular weight excluding hydrogens is 310 g/mol. The van der Waals surface area contributed by atoms with Crippen molar-refractivity contribution in [1.82, 2.24) is 0 Å². The fourth-order valence-corrected chi connectivity index (χ4v) is 2.61. The SMILES string of the molecule is Cc1c(Cl)cc(Cc2cc(Cl)ccc2Cl)cc1Cl. The van der Waals surface area contributed by atoms with Gasteiger partial charge < -0.3 is 0 Å². The standard InChI is InChI=1S/C14H10Cl4/c1-8-13(17)5-9(6-14(8)18)4-10-7-11(15)2-3-12(10)16/h2-3,5-7H,4H2,1H3. The summed E-state index contributed by atoms with van der Waals surface area (Å²) in [6.07, 6.45) is 0.652. The van der Waals surface area contributed by atoms with Crippen molar-refractivity contribution in [3.05, 3.63) is 67.1 Å². The molecule has 0 bridgehead atoms.